The third-order valence-electron chi connectivity index (χ3n) is 1.55. The van der Waals surface area contributed by atoms with Gasteiger partial charge in [0.2, 0.25) is 5.91 Å². The van der Waals surface area contributed by atoms with E-state index in [9.17, 15) is 4.79 Å². The molecule has 1 rings (SSSR count). The lowest BCUT2D eigenvalue weighted by Crippen LogP contribution is -2.40. The van der Waals surface area contributed by atoms with E-state index in [4.69, 9.17) is 5.73 Å². The van der Waals surface area contributed by atoms with E-state index in [1.165, 1.54) is 0 Å². The van der Waals surface area contributed by atoms with Crippen LogP contribution < -0.4 is 11.1 Å². The number of hydrogen-bond acceptors (Lipinski definition) is 3. The molecular weight excluding hydrogens is 227 g/mol. The zero-order valence-electron chi connectivity index (χ0n) is 7.69. The van der Waals surface area contributed by atoms with Gasteiger partial charge in [0, 0.05) is 25.9 Å². The van der Waals surface area contributed by atoms with Crippen molar-refractivity contribution in [2.24, 2.45) is 5.73 Å². The third kappa shape index (κ3) is 4.45. The molecule has 1 aromatic heterocycles. The SMILES string of the molecule is CNC(=O)C(N)Cc1ncc[nH]1.Cl.Cl. The van der Waals surface area contributed by atoms with E-state index in [-0.39, 0.29) is 30.7 Å². The number of likely N-dealkylation sites (N-methyl/N-ethyl adjacent to an activating group) is 1. The zero-order chi connectivity index (χ0) is 8.97. The minimum Gasteiger partial charge on any atom is -0.358 e. The van der Waals surface area contributed by atoms with Crippen molar-refractivity contribution in [2.75, 3.05) is 7.05 Å². The fourth-order valence-corrected chi connectivity index (χ4v) is 0.896. The van der Waals surface area contributed by atoms with Crippen LogP contribution in [0.25, 0.3) is 0 Å². The number of hydrogen-bond donors (Lipinski definition) is 3. The van der Waals surface area contributed by atoms with Gasteiger partial charge in [0.1, 0.15) is 5.82 Å². The highest BCUT2D eigenvalue weighted by molar-refractivity contribution is 5.85. The highest BCUT2D eigenvalue weighted by atomic mass is 35.5. The summed E-state index contributed by atoms with van der Waals surface area (Å²) in [4.78, 5) is 17.8. The molecule has 0 spiro atoms. The number of aromatic nitrogens is 2. The lowest BCUT2D eigenvalue weighted by atomic mass is 10.2. The predicted molar refractivity (Wildman–Crippen MR) is 58.8 cm³/mol. The van der Waals surface area contributed by atoms with Crippen LogP contribution in [0.3, 0.4) is 0 Å². The van der Waals surface area contributed by atoms with Gasteiger partial charge in [0.25, 0.3) is 0 Å². The van der Waals surface area contributed by atoms with E-state index in [1.54, 1.807) is 19.4 Å². The molecule has 0 saturated carbocycles. The van der Waals surface area contributed by atoms with Crippen LogP contribution in [0, 0.1) is 0 Å². The minimum atomic E-state index is -0.527. The van der Waals surface area contributed by atoms with E-state index in [0.29, 0.717) is 6.42 Å². The van der Waals surface area contributed by atoms with Crippen molar-refractivity contribution in [3.05, 3.63) is 18.2 Å². The summed E-state index contributed by atoms with van der Waals surface area (Å²) in [5.41, 5.74) is 5.55. The standard InChI is InChI=1S/C7H12N4O.2ClH/c1-9-7(12)5(8)4-6-10-2-3-11-6;;/h2-3,5H,4,8H2,1H3,(H,9,12)(H,10,11);2*1H. The Morgan fingerprint density at radius 1 is 1.71 bits per heavy atom. The molecule has 0 aliphatic heterocycles. The van der Waals surface area contributed by atoms with Crippen molar-refractivity contribution in [2.45, 2.75) is 12.5 Å². The summed E-state index contributed by atoms with van der Waals surface area (Å²) in [5.74, 6) is 0.553. The minimum absolute atomic E-state index is 0. The number of amides is 1. The van der Waals surface area contributed by atoms with Crippen molar-refractivity contribution in [1.82, 2.24) is 15.3 Å². The maximum absolute atomic E-state index is 11.0. The predicted octanol–water partition coefficient (Wildman–Crippen LogP) is -0.131. The van der Waals surface area contributed by atoms with Crippen LogP contribution in [0.4, 0.5) is 0 Å². The molecule has 0 aliphatic rings. The summed E-state index contributed by atoms with van der Waals surface area (Å²) in [6.45, 7) is 0. The molecule has 0 aliphatic carbocycles. The maximum Gasteiger partial charge on any atom is 0.237 e. The second kappa shape index (κ2) is 7.61. The second-order valence-electron chi connectivity index (χ2n) is 2.46. The Morgan fingerprint density at radius 3 is 2.79 bits per heavy atom. The van der Waals surface area contributed by atoms with Crippen LogP contribution in [0.15, 0.2) is 12.4 Å². The van der Waals surface area contributed by atoms with Gasteiger partial charge in [-0.2, -0.15) is 0 Å². The van der Waals surface area contributed by atoms with Crippen LogP contribution >= 0.6 is 24.8 Å². The molecule has 5 nitrogen and oxygen atoms in total. The van der Waals surface area contributed by atoms with Gasteiger partial charge < -0.3 is 16.0 Å². The summed E-state index contributed by atoms with van der Waals surface area (Å²) in [7, 11) is 1.56. The Morgan fingerprint density at radius 2 is 2.36 bits per heavy atom. The first-order chi connectivity index (χ1) is 5.74. The molecule has 82 valence electrons. The fraction of sp³-hybridized carbons (Fsp3) is 0.429. The lowest BCUT2D eigenvalue weighted by Gasteiger charge is -2.06. The van der Waals surface area contributed by atoms with Crippen LogP contribution in [-0.2, 0) is 11.2 Å². The van der Waals surface area contributed by atoms with Gasteiger partial charge in [-0.3, -0.25) is 4.79 Å². The van der Waals surface area contributed by atoms with Crippen molar-refractivity contribution in [1.29, 1.82) is 0 Å². The van der Waals surface area contributed by atoms with Gasteiger partial charge in [0.05, 0.1) is 6.04 Å². The van der Waals surface area contributed by atoms with Gasteiger partial charge in [-0.25, -0.2) is 4.98 Å². The summed E-state index contributed by atoms with van der Waals surface area (Å²) >= 11 is 0. The summed E-state index contributed by atoms with van der Waals surface area (Å²) in [6.07, 6.45) is 3.77. The molecule has 0 aromatic carbocycles. The number of H-pyrrole nitrogens is 1. The molecule has 1 aromatic rings. The Bertz CT molecular complexity index is 252. The molecule has 1 unspecified atom stereocenters. The average molecular weight is 241 g/mol. The van der Waals surface area contributed by atoms with E-state index >= 15 is 0 Å². The number of nitrogens with zero attached hydrogens (tertiary/aromatic N) is 1. The molecule has 14 heavy (non-hydrogen) atoms. The molecule has 0 radical (unpaired) electrons. The monoisotopic (exact) mass is 240 g/mol. The summed E-state index contributed by atoms with van der Waals surface area (Å²) in [5, 5.41) is 2.47. The summed E-state index contributed by atoms with van der Waals surface area (Å²) < 4.78 is 0. The van der Waals surface area contributed by atoms with Crippen LogP contribution in [0.5, 0.6) is 0 Å². The molecule has 1 heterocycles. The third-order valence-corrected chi connectivity index (χ3v) is 1.55. The number of nitrogens with two attached hydrogens (primary N) is 1. The normalized spacial score (nSPS) is 10.7. The largest absolute Gasteiger partial charge is 0.358 e. The van der Waals surface area contributed by atoms with Crippen LogP contribution in [0.1, 0.15) is 5.82 Å². The summed E-state index contributed by atoms with van der Waals surface area (Å²) in [6, 6.07) is -0.527. The number of nitrogens with one attached hydrogen (secondary N) is 2. The Labute approximate surface area is 94.7 Å². The van der Waals surface area contributed by atoms with Crippen molar-refractivity contribution in [3.8, 4) is 0 Å². The average Bonchev–Trinajstić information content (AvgIpc) is 2.55. The van der Waals surface area contributed by atoms with E-state index in [2.05, 4.69) is 15.3 Å². The molecule has 1 atom stereocenters. The quantitative estimate of drug-likeness (QED) is 0.689. The number of carbonyl (C=O) groups is 1. The highest BCUT2D eigenvalue weighted by Gasteiger charge is 2.12. The lowest BCUT2D eigenvalue weighted by molar-refractivity contribution is -0.121. The van der Waals surface area contributed by atoms with Gasteiger partial charge in [0.15, 0.2) is 0 Å². The topological polar surface area (TPSA) is 83.8 Å². The smallest absolute Gasteiger partial charge is 0.237 e. The number of halogens is 2. The molecule has 0 fully saturated rings. The van der Waals surface area contributed by atoms with Crippen LogP contribution in [-0.4, -0.2) is 29.0 Å². The Balaban J connectivity index is 0. The number of rotatable bonds is 3. The Kier molecular flexibility index (Phi) is 8.52. The van der Waals surface area contributed by atoms with E-state index in [0.717, 1.165) is 5.82 Å². The first-order valence-electron chi connectivity index (χ1n) is 3.69. The number of carbonyl (C=O) groups excluding carboxylic acids is 1. The number of imidazole rings is 1. The first-order valence-corrected chi connectivity index (χ1v) is 3.69. The van der Waals surface area contributed by atoms with Gasteiger partial charge in [-0.15, -0.1) is 24.8 Å². The molecule has 0 saturated heterocycles. The highest BCUT2D eigenvalue weighted by Crippen LogP contribution is 1.93. The first kappa shape index (κ1) is 15.7. The van der Waals surface area contributed by atoms with Gasteiger partial charge >= 0.3 is 0 Å². The van der Waals surface area contributed by atoms with Crippen LogP contribution in [0.2, 0.25) is 0 Å². The maximum atomic E-state index is 11.0. The van der Waals surface area contributed by atoms with E-state index < -0.39 is 6.04 Å². The second-order valence-corrected chi connectivity index (χ2v) is 2.46. The molecule has 0 bridgehead atoms. The molecule has 4 N–H and O–H groups in total. The number of aromatic amines is 1. The molecular formula is C7H14Cl2N4O. The van der Waals surface area contributed by atoms with Gasteiger partial charge in [-0.05, 0) is 0 Å². The molecule has 1 amide bonds. The van der Waals surface area contributed by atoms with E-state index in [1.807, 2.05) is 0 Å². The van der Waals surface area contributed by atoms with Crippen molar-refractivity contribution >= 4 is 30.7 Å². The van der Waals surface area contributed by atoms with Crippen molar-refractivity contribution in [3.63, 3.8) is 0 Å². The zero-order valence-corrected chi connectivity index (χ0v) is 9.32. The van der Waals surface area contributed by atoms with Gasteiger partial charge in [-0.1, -0.05) is 0 Å². The van der Waals surface area contributed by atoms with Crippen molar-refractivity contribution < 1.29 is 4.79 Å². The Hall–Kier alpha value is -0.780. The molecule has 7 heteroatoms. The fourth-order valence-electron chi connectivity index (χ4n) is 0.896.